The van der Waals surface area contributed by atoms with E-state index in [2.05, 4.69) is 5.32 Å². The Bertz CT molecular complexity index is 1420. The van der Waals surface area contributed by atoms with E-state index in [0.29, 0.717) is 26.3 Å². The smallest absolute Gasteiger partial charge is 0.270 e. The second kappa shape index (κ2) is 10.6. The zero-order chi connectivity index (χ0) is 26.0. The lowest BCUT2D eigenvalue weighted by Crippen LogP contribution is -2.54. The molecule has 0 spiro atoms. The lowest BCUT2D eigenvalue weighted by Gasteiger charge is -2.29. The number of amides is 2. The Balaban J connectivity index is 1.74. The summed E-state index contributed by atoms with van der Waals surface area (Å²) in [5, 5.41) is 14.9. The van der Waals surface area contributed by atoms with E-state index in [1.807, 2.05) is 0 Å². The predicted molar refractivity (Wildman–Crippen MR) is 142 cm³/mol. The molecular formula is C24H14Cl3N3O5S. The maximum Gasteiger partial charge on any atom is 0.270 e. The minimum absolute atomic E-state index is 0.0619. The van der Waals surface area contributed by atoms with Gasteiger partial charge in [-0.15, -0.1) is 0 Å². The summed E-state index contributed by atoms with van der Waals surface area (Å²) >= 11 is 23.5. The van der Waals surface area contributed by atoms with E-state index in [1.165, 1.54) is 24.3 Å². The Morgan fingerprint density at radius 2 is 1.69 bits per heavy atom. The molecule has 0 aromatic heterocycles. The number of hydrogen-bond donors (Lipinski definition) is 1. The van der Waals surface area contributed by atoms with Gasteiger partial charge >= 0.3 is 0 Å². The van der Waals surface area contributed by atoms with E-state index < -0.39 is 16.7 Å². The maximum absolute atomic E-state index is 13.3. The van der Waals surface area contributed by atoms with Gasteiger partial charge in [-0.1, -0.05) is 40.9 Å². The summed E-state index contributed by atoms with van der Waals surface area (Å²) in [7, 11) is 0. The van der Waals surface area contributed by atoms with Crippen molar-refractivity contribution in [3.8, 4) is 5.75 Å². The van der Waals surface area contributed by atoms with Crippen molar-refractivity contribution in [2.45, 2.75) is 6.61 Å². The second-order valence-electron chi connectivity index (χ2n) is 7.40. The number of halogens is 3. The zero-order valence-electron chi connectivity index (χ0n) is 18.0. The van der Waals surface area contributed by atoms with Crippen molar-refractivity contribution in [3.05, 3.63) is 103 Å². The third kappa shape index (κ3) is 5.34. The number of rotatable bonds is 6. The fraction of sp³-hybridized carbons (Fsp3) is 0.0417. The molecule has 3 aromatic rings. The minimum atomic E-state index is -0.762. The fourth-order valence-corrected chi connectivity index (χ4v) is 4.26. The summed E-state index contributed by atoms with van der Waals surface area (Å²) in [6.07, 6.45) is 1.21. The molecule has 8 nitrogen and oxygen atoms in total. The number of benzene rings is 3. The number of nitrogens with zero attached hydrogens (tertiary/aromatic N) is 2. The number of thiocarbonyl (C=S) groups is 1. The summed E-state index contributed by atoms with van der Waals surface area (Å²) < 4.78 is 5.84. The molecule has 0 aliphatic carbocycles. The van der Waals surface area contributed by atoms with Crippen molar-refractivity contribution >= 4 is 81.4 Å². The van der Waals surface area contributed by atoms with Gasteiger partial charge in [0.15, 0.2) is 5.11 Å². The van der Waals surface area contributed by atoms with Crippen LogP contribution in [0.25, 0.3) is 6.08 Å². The first-order valence-electron chi connectivity index (χ1n) is 10.2. The van der Waals surface area contributed by atoms with Crippen molar-refractivity contribution in [2.24, 2.45) is 0 Å². The Kier molecular flexibility index (Phi) is 7.56. The molecule has 1 heterocycles. The summed E-state index contributed by atoms with van der Waals surface area (Å²) in [5.74, 6) is -1.32. The summed E-state index contributed by atoms with van der Waals surface area (Å²) in [4.78, 5) is 37.9. The normalized spacial score (nSPS) is 14.7. The molecule has 182 valence electrons. The van der Waals surface area contributed by atoms with E-state index >= 15 is 0 Å². The van der Waals surface area contributed by atoms with E-state index in [0.717, 1.165) is 4.90 Å². The number of hydrogen-bond acceptors (Lipinski definition) is 6. The van der Waals surface area contributed by atoms with Crippen molar-refractivity contribution in [2.75, 3.05) is 4.90 Å². The van der Waals surface area contributed by atoms with Crippen LogP contribution in [-0.4, -0.2) is 21.9 Å². The Labute approximate surface area is 225 Å². The SMILES string of the molecule is O=C1NC(=S)N(c2ccc(Cl)cc2)C(=O)C1=Cc1cc([N+](=O)[O-])ccc1OCc1c(Cl)cccc1Cl. The van der Waals surface area contributed by atoms with Gasteiger partial charge in [0.25, 0.3) is 17.5 Å². The molecular weight excluding hydrogens is 549 g/mol. The average Bonchev–Trinajstić information content (AvgIpc) is 2.83. The highest BCUT2D eigenvalue weighted by Gasteiger charge is 2.34. The van der Waals surface area contributed by atoms with Crippen LogP contribution in [0.15, 0.2) is 66.2 Å². The molecule has 3 aromatic carbocycles. The van der Waals surface area contributed by atoms with Crippen LogP contribution in [-0.2, 0) is 16.2 Å². The van der Waals surface area contributed by atoms with Gasteiger partial charge in [-0.05, 0) is 60.8 Å². The number of carbonyl (C=O) groups excluding carboxylic acids is 2. The molecule has 1 N–H and O–H groups in total. The van der Waals surface area contributed by atoms with Gasteiger partial charge in [0.1, 0.15) is 17.9 Å². The summed E-state index contributed by atoms with van der Waals surface area (Å²) in [5.41, 5.74) is 0.431. The molecule has 0 radical (unpaired) electrons. The summed E-state index contributed by atoms with van der Waals surface area (Å²) in [6.45, 7) is -0.0619. The number of nitrogens with one attached hydrogen (secondary N) is 1. The number of non-ortho nitro benzene ring substituents is 1. The van der Waals surface area contributed by atoms with E-state index in [9.17, 15) is 19.7 Å². The summed E-state index contributed by atoms with van der Waals surface area (Å²) in [6, 6.07) is 15.0. The van der Waals surface area contributed by atoms with Gasteiger partial charge < -0.3 is 4.74 Å². The molecule has 0 saturated carbocycles. The Morgan fingerprint density at radius 1 is 1.03 bits per heavy atom. The first-order valence-corrected chi connectivity index (χ1v) is 11.7. The van der Waals surface area contributed by atoms with Crippen molar-refractivity contribution < 1.29 is 19.2 Å². The highest BCUT2D eigenvalue weighted by atomic mass is 35.5. The molecule has 0 unspecified atom stereocenters. The molecule has 1 aliphatic heterocycles. The lowest BCUT2D eigenvalue weighted by atomic mass is 10.1. The molecule has 2 amide bonds. The van der Waals surface area contributed by atoms with Crippen LogP contribution in [0.1, 0.15) is 11.1 Å². The van der Waals surface area contributed by atoms with Crippen LogP contribution in [0.4, 0.5) is 11.4 Å². The molecule has 0 atom stereocenters. The highest BCUT2D eigenvalue weighted by Crippen LogP contribution is 2.31. The van der Waals surface area contributed by atoms with E-state index in [4.69, 9.17) is 51.8 Å². The van der Waals surface area contributed by atoms with Crippen molar-refractivity contribution in [1.82, 2.24) is 5.32 Å². The topological polar surface area (TPSA) is 102 Å². The number of nitro benzene ring substituents is 1. The molecule has 1 aliphatic rings. The highest BCUT2D eigenvalue weighted by molar-refractivity contribution is 7.80. The van der Waals surface area contributed by atoms with Crippen LogP contribution in [0, 0.1) is 10.1 Å². The van der Waals surface area contributed by atoms with Gasteiger partial charge in [0, 0.05) is 38.3 Å². The zero-order valence-corrected chi connectivity index (χ0v) is 21.1. The Morgan fingerprint density at radius 3 is 2.33 bits per heavy atom. The van der Waals surface area contributed by atoms with Gasteiger partial charge in [-0.2, -0.15) is 0 Å². The van der Waals surface area contributed by atoms with Crippen LogP contribution >= 0.6 is 47.0 Å². The first-order chi connectivity index (χ1) is 17.2. The third-order valence-corrected chi connectivity index (χ3v) is 6.37. The molecule has 1 fully saturated rings. The first kappa shape index (κ1) is 25.6. The monoisotopic (exact) mass is 561 g/mol. The number of carbonyl (C=O) groups is 2. The standard InChI is InChI=1S/C24H14Cl3N3O5S/c25-14-4-6-15(7-5-14)29-23(32)17(22(31)28-24(29)36)11-13-10-16(30(33)34)8-9-21(13)35-12-18-19(26)2-1-3-20(18)27/h1-11H,12H2,(H,28,31,36). The minimum Gasteiger partial charge on any atom is -0.488 e. The van der Waals surface area contributed by atoms with Gasteiger partial charge in [0.05, 0.1) is 10.6 Å². The predicted octanol–water partition coefficient (Wildman–Crippen LogP) is 5.97. The lowest BCUT2D eigenvalue weighted by molar-refractivity contribution is -0.384. The van der Waals surface area contributed by atoms with Crippen LogP contribution < -0.4 is 15.0 Å². The number of nitro groups is 1. The molecule has 12 heteroatoms. The molecule has 1 saturated heterocycles. The quantitative estimate of drug-likeness (QED) is 0.131. The Hall–Kier alpha value is -3.50. The fourth-order valence-electron chi connectivity index (χ4n) is 3.35. The van der Waals surface area contributed by atoms with E-state index in [1.54, 1.807) is 42.5 Å². The van der Waals surface area contributed by atoms with Gasteiger partial charge in [-0.3, -0.25) is 29.9 Å². The molecule has 36 heavy (non-hydrogen) atoms. The van der Waals surface area contributed by atoms with Crippen LogP contribution in [0.2, 0.25) is 15.1 Å². The maximum atomic E-state index is 13.3. The largest absolute Gasteiger partial charge is 0.488 e. The molecule has 0 bridgehead atoms. The van der Waals surface area contributed by atoms with E-state index in [-0.39, 0.29) is 34.3 Å². The third-order valence-electron chi connectivity index (χ3n) is 5.12. The van der Waals surface area contributed by atoms with Gasteiger partial charge in [0.2, 0.25) is 0 Å². The number of anilines is 1. The van der Waals surface area contributed by atoms with Gasteiger partial charge in [-0.25, -0.2) is 0 Å². The van der Waals surface area contributed by atoms with Crippen LogP contribution in [0.3, 0.4) is 0 Å². The van der Waals surface area contributed by atoms with Crippen molar-refractivity contribution in [3.63, 3.8) is 0 Å². The second-order valence-corrected chi connectivity index (χ2v) is 9.04. The molecule has 4 rings (SSSR count). The van der Waals surface area contributed by atoms with Crippen molar-refractivity contribution in [1.29, 1.82) is 0 Å². The number of ether oxygens (including phenoxy) is 1. The van der Waals surface area contributed by atoms with Crippen LogP contribution in [0.5, 0.6) is 5.75 Å². The average molecular weight is 563 g/mol.